The Morgan fingerprint density at radius 3 is 2.42 bits per heavy atom. The van der Waals surface area contributed by atoms with Gasteiger partial charge in [-0.1, -0.05) is 12.1 Å². The van der Waals surface area contributed by atoms with E-state index in [2.05, 4.69) is 20.5 Å². The topological polar surface area (TPSA) is 108 Å². The number of nitrogens with one attached hydrogen (secondary N) is 2. The third kappa shape index (κ3) is 4.49. The molecule has 2 aromatic carbocycles. The Morgan fingerprint density at radius 1 is 1.13 bits per heavy atom. The first-order valence-electron chi connectivity index (χ1n) is 9.89. The summed E-state index contributed by atoms with van der Waals surface area (Å²) < 4.78 is 40.6. The lowest BCUT2D eigenvalue weighted by molar-refractivity contribution is -0.120. The predicted octanol–water partition coefficient (Wildman–Crippen LogP) is 2.96. The summed E-state index contributed by atoms with van der Waals surface area (Å²) in [5.74, 6) is 0.0485. The molecule has 2 N–H and O–H groups in total. The van der Waals surface area contributed by atoms with Gasteiger partial charge in [0.2, 0.25) is 15.9 Å². The van der Waals surface area contributed by atoms with Gasteiger partial charge < -0.3 is 5.32 Å². The van der Waals surface area contributed by atoms with Crippen LogP contribution in [0.4, 0.5) is 10.1 Å². The van der Waals surface area contributed by atoms with Crippen LogP contribution in [0.1, 0.15) is 18.7 Å². The number of H-pyrrole nitrogens is 1. The number of piperidine rings is 1. The minimum Gasteiger partial charge on any atom is -0.326 e. The third-order valence-electron chi connectivity index (χ3n) is 5.29. The molecule has 8 nitrogen and oxygen atoms in total. The molecule has 1 aromatic heterocycles. The first kappa shape index (κ1) is 21.1. The Morgan fingerprint density at radius 2 is 1.81 bits per heavy atom. The Bertz CT molecular complexity index is 1190. The van der Waals surface area contributed by atoms with E-state index in [1.165, 1.54) is 22.5 Å². The monoisotopic (exact) mass is 443 g/mol. The number of sulfonamides is 1. The molecule has 1 aliphatic rings. The normalized spacial score (nSPS) is 15.7. The fourth-order valence-corrected chi connectivity index (χ4v) is 5.10. The molecule has 0 radical (unpaired) electrons. The molecule has 1 aliphatic heterocycles. The van der Waals surface area contributed by atoms with Gasteiger partial charge in [0.25, 0.3) is 0 Å². The number of carbonyl (C=O) groups excluding carboxylic acids is 1. The quantitative estimate of drug-likeness (QED) is 0.630. The Balaban J connectivity index is 1.36. The van der Waals surface area contributed by atoms with Crippen LogP contribution in [0, 0.1) is 18.7 Å². The van der Waals surface area contributed by atoms with Crippen LogP contribution in [0.3, 0.4) is 0 Å². The summed E-state index contributed by atoms with van der Waals surface area (Å²) in [6.45, 7) is 2.15. The van der Waals surface area contributed by atoms with Crippen LogP contribution >= 0.6 is 0 Å². The fourth-order valence-electron chi connectivity index (χ4n) is 3.57. The standard InChI is InChI=1S/C21H22FN5O3S/c1-14-23-20(26-25-14)15-6-8-17(9-7-15)24-21(28)16-10-12-27(13-11-16)31(29,30)19-5-3-2-4-18(19)22/h2-9,16H,10-13H2,1H3,(H,24,28)(H,23,25,26). The number of aromatic nitrogens is 3. The third-order valence-corrected chi connectivity index (χ3v) is 7.22. The van der Waals surface area contributed by atoms with Crippen molar-refractivity contribution in [1.29, 1.82) is 0 Å². The molecule has 3 aromatic rings. The first-order chi connectivity index (χ1) is 14.8. The van der Waals surface area contributed by atoms with Gasteiger partial charge in [0, 0.05) is 30.3 Å². The van der Waals surface area contributed by atoms with Crippen molar-refractivity contribution >= 4 is 21.6 Å². The van der Waals surface area contributed by atoms with Gasteiger partial charge in [0.1, 0.15) is 16.5 Å². The van der Waals surface area contributed by atoms with Crippen LogP contribution < -0.4 is 5.32 Å². The highest BCUT2D eigenvalue weighted by atomic mass is 32.2. The second kappa shape index (κ2) is 8.56. The van der Waals surface area contributed by atoms with E-state index < -0.39 is 15.8 Å². The Hall–Kier alpha value is -3.11. The van der Waals surface area contributed by atoms with Crippen LogP contribution in [-0.2, 0) is 14.8 Å². The zero-order valence-corrected chi connectivity index (χ0v) is 17.7. The highest BCUT2D eigenvalue weighted by Gasteiger charge is 2.33. The van der Waals surface area contributed by atoms with Crippen molar-refractivity contribution in [1.82, 2.24) is 19.5 Å². The van der Waals surface area contributed by atoms with E-state index in [-0.39, 0.29) is 29.8 Å². The Labute approximate surface area is 179 Å². The molecule has 0 spiro atoms. The lowest BCUT2D eigenvalue weighted by Crippen LogP contribution is -2.41. The highest BCUT2D eigenvalue weighted by molar-refractivity contribution is 7.89. The summed E-state index contributed by atoms with van der Waals surface area (Å²) in [7, 11) is -3.92. The number of halogens is 1. The molecular formula is C21H22FN5O3S. The zero-order valence-electron chi connectivity index (χ0n) is 16.9. The maximum Gasteiger partial charge on any atom is 0.245 e. The summed E-state index contributed by atoms with van der Waals surface area (Å²) in [6.07, 6.45) is 0.738. The van der Waals surface area contributed by atoms with Crippen molar-refractivity contribution in [2.45, 2.75) is 24.7 Å². The summed E-state index contributed by atoms with van der Waals surface area (Å²) in [4.78, 5) is 16.6. The van der Waals surface area contributed by atoms with E-state index >= 15 is 0 Å². The largest absolute Gasteiger partial charge is 0.326 e. The SMILES string of the molecule is Cc1nc(-c2ccc(NC(=O)C3CCN(S(=O)(=O)c4ccccc4F)CC3)cc2)n[nH]1. The van der Waals surface area contributed by atoms with Crippen molar-refractivity contribution < 1.29 is 17.6 Å². The Kier molecular flexibility index (Phi) is 5.84. The molecule has 10 heteroatoms. The maximum absolute atomic E-state index is 13.9. The van der Waals surface area contributed by atoms with Gasteiger partial charge >= 0.3 is 0 Å². The number of benzene rings is 2. The average Bonchev–Trinajstić information content (AvgIpc) is 3.21. The summed E-state index contributed by atoms with van der Waals surface area (Å²) >= 11 is 0. The minimum absolute atomic E-state index is 0.163. The molecular weight excluding hydrogens is 421 g/mol. The number of hydrogen-bond acceptors (Lipinski definition) is 5. The second-order valence-electron chi connectivity index (χ2n) is 7.42. The van der Waals surface area contributed by atoms with Gasteiger partial charge in [-0.2, -0.15) is 9.40 Å². The van der Waals surface area contributed by atoms with Crippen molar-refractivity contribution in [3.8, 4) is 11.4 Å². The van der Waals surface area contributed by atoms with Gasteiger partial charge in [-0.3, -0.25) is 9.89 Å². The number of nitrogens with zero attached hydrogens (tertiary/aromatic N) is 3. The number of hydrogen-bond donors (Lipinski definition) is 2. The van der Waals surface area contributed by atoms with Crippen LogP contribution in [0.15, 0.2) is 53.4 Å². The second-order valence-corrected chi connectivity index (χ2v) is 9.33. The summed E-state index contributed by atoms with van der Waals surface area (Å²) in [6, 6.07) is 12.5. The maximum atomic E-state index is 13.9. The van der Waals surface area contributed by atoms with E-state index in [0.717, 1.165) is 17.5 Å². The van der Waals surface area contributed by atoms with Gasteiger partial charge in [-0.25, -0.2) is 17.8 Å². The molecule has 1 saturated heterocycles. The van der Waals surface area contributed by atoms with Crippen LogP contribution in [0.5, 0.6) is 0 Å². The minimum atomic E-state index is -3.92. The summed E-state index contributed by atoms with van der Waals surface area (Å²) in [5.41, 5.74) is 1.47. The molecule has 0 unspecified atom stereocenters. The van der Waals surface area contributed by atoms with Gasteiger partial charge in [0.15, 0.2) is 5.82 Å². The van der Waals surface area contributed by atoms with Crippen molar-refractivity contribution in [3.05, 3.63) is 60.2 Å². The van der Waals surface area contributed by atoms with E-state index in [1.54, 1.807) is 12.1 Å². The first-order valence-corrected chi connectivity index (χ1v) is 11.3. The van der Waals surface area contributed by atoms with Crippen LogP contribution in [0.25, 0.3) is 11.4 Å². The molecule has 0 bridgehead atoms. The fraction of sp³-hybridized carbons (Fsp3) is 0.286. The molecule has 1 amide bonds. The number of anilines is 1. The van der Waals surface area contributed by atoms with E-state index in [1.807, 2.05) is 19.1 Å². The van der Waals surface area contributed by atoms with Crippen molar-refractivity contribution in [2.75, 3.05) is 18.4 Å². The molecule has 2 heterocycles. The van der Waals surface area contributed by atoms with Gasteiger partial charge in [-0.05, 0) is 56.2 Å². The van der Waals surface area contributed by atoms with Crippen molar-refractivity contribution in [3.63, 3.8) is 0 Å². The van der Waals surface area contributed by atoms with Gasteiger partial charge in [0.05, 0.1) is 0 Å². The van der Waals surface area contributed by atoms with E-state index in [4.69, 9.17) is 0 Å². The molecule has 0 aliphatic carbocycles. The van der Waals surface area contributed by atoms with Crippen molar-refractivity contribution in [2.24, 2.45) is 5.92 Å². The average molecular weight is 444 g/mol. The smallest absolute Gasteiger partial charge is 0.245 e. The molecule has 0 atom stereocenters. The molecule has 4 rings (SSSR count). The van der Waals surface area contributed by atoms with Crippen LogP contribution in [-0.4, -0.2) is 46.9 Å². The lowest BCUT2D eigenvalue weighted by atomic mass is 9.97. The molecule has 162 valence electrons. The lowest BCUT2D eigenvalue weighted by Gasteiger charge is -2.30. The van der Waals surface area contributed by atoms with E-state index in [0.29, 0.717) is 24.4 Å². The van der Waals surface area contributed by atoms with Crippen LogP contribution in [0.2, 0.25) is 0 Å². The molecule has 31 heavy (non-hydrogen) atoms. The number of rotatable bonds is 5. The molecule has 0 saturated carbocycles. The highest BCUT2D eigenvalue weighted by Crippen LogP contribution is 2.26. The predicted molar refractivity (Wildman–Crippen MR) is 113 cm³/mol. The summed E-state index contributed by atoms with van der Waals surface area (Å²) in [5, 5.41) is 9.76. The number of aromatic amines is 1. The number of aryl methyl sites for hydroxylation is 1. The molecule has 1 fully saturated rings. The van der Waals surface area contributed by atoms with Gasteiger partial charge in [-0.15, -0.1) is 0 Å². The number of carbonyl (C=O) groups is 1. The van der Waals surface area contributed by atoms with E-state index in [9.17, 15) is 17.6 Å². The number of amides is 1. The zero-order chi connectivity index (χ0) is 22.0.